The smallest absolute Gasteiger partial charge is 0.279 e. The van der Waals surface area contributed by atoms with Crippen LogP contribution < -0.4 is 4.80 Å². The molecule has 0 saturated carbocycles. The van der Waals surface area contributed by atoms with E-state index in [1.165, 1.54) is 39.9 Å². The maximum atomic E-state index is 12.9. The van der Waals surface area contributed by atoms with Crippen LogP contribution >= 0.6 is 34.5 Å². The molecule has 1 aromatic heterocycles. The first-order valence-electron chi connectivity index (χ1n) is 10.4. The van der Waals surface area contributed by atoms with Crippen molar-refractivity contribution in [2.75, 3.05) is 13.1 Å². The van der Waals surface area contributed by atoms with E-state index in [0.29, 0.717) is 46.0 Å². The van der Waals surface area contributed by atoms with Crippen LogP contribution in [0.25, 0.3) is 10.2 Å². The number of thiazole rings is 1. The molecule has 1 fully saturated rings. The minimum atomic E-state index is -3.57. The van der Waals surface area contributed by atoms with Crippen LogP contribution in [-0.2, 0) is 16.6 Å². The molecule has 0 aliphatic carbocycles. The van der Waals surface area contributed by atoms with E-state index < -0.39 is 15.9 Å². The number of carbonyl (C=O) groups is 1. The molecule has 32 heavy (non-hydrogen) atoms. The summed E-state index contributed by atoms with van der Waals surface area (Å²) in [5.41, 5.74) is 1.10. The maximum absolute atomic E-state index is 12.9. The summed E-state index contributed by atoms with van der Waals surface area (Å²) in [5, 5.41) is 1.02. The average Bonchev–Trinajstić information content (AvgIpc) is 3.10. The molecule has 1 amide bonds. The number of hydrogen-bond acceptors (Lipinski definition) is 4. The molecular formula is C22H23Cl2N3O3S2. The first-order valence-corrected chi connectivity index (χ1v) is 13.4. The van der Waals surface area contributed by atoms with Gasteiger partial charge in [-0.2, -0.15) is 9.30 Å². The summed E-state index contributed by atoms with van der Waals surface area (Å²) in [7, 11) is -3.57. The van der Waals surface area contributed by atoms with E-state index in [-0.39, 0.29) is 4.90 Å². The lowest BCUT2D eigenvalue weighted by Gasteiger charge is -2.30. The Morgan fingerprint density at radius 3 is 2.59 bits per heavy atom. The summed E-state index contributed by atoms with van der Waals surface area (Å²) >= 11 is 13.8. The molecule has 1 saturated heterocycles. The van der Waals surface area contributed by atoms with Crippen LogP contribution in [0.15, 0.2) is 46.3 Å². The lowest BCUT2D eigenvalue weighted by atomic mass is 10.0. The molecule has 0 N–H and O–H groups in total. The van der Waals surface area contributed by atoms with E-state index in [0.717, 1.165) is 23.1 Å². The number of sulfonamides is 1. The van der Waals surface area contributed by atoms with Gasteiger partial charge in [0.2, 0.25) is 10.0 Å². The minimum Gasteiger partial charge on any atom is -0.315 e. The van der Waals surface area contributed by atoms with Gasteiger partial charge in [0.15, 0.2) is 4.80 Å². The van der Waals surface area contributed by atoms with Gasteiger partial charge in [-0.15, -0.1) is 0 Å². The number of benzene rings is 2. The molecule has 0 spiro atoms. The zero-order valence-electron chi connectivity index (χ0n) is 17.7. The molecule has 1 unspecified atom stereocenters. The van der Waals surface area contributed by atoms with Crippen molar-refractivity contribution in [2.45, 2.75) is 38.1 Å². The van der Waals surface area contributed by atoms with Crippen molar-refractivity contribution in [3.63, 3.8) is 0 Å². The van der Waals surface area contributed by atoms with Crippen molar-refractivity contribution < 1.29 is 13.2 Å². The third-order valence-electron chi connectivity index (χ3n) is 5.57. The molecule has 2 aromatic carbocycles. The summed E-state index contributed by atoms with van der Waals surface area (Å²) in [5.74, 6) is -0.107. The molecule has 0 radical (unpaired) electrons. The Kier molecular flexibility index (Phi) is 6.79. The van der Waals surface area contributed by atoms with Crippen LogP contribution in [0.5, 0.6) is 0 Å². The molecule has 10 heteroatoms. The first-order chi connectivity index (χ1) is 15.2. The van der Waals surface area contributed by atoms with E-state index in [1.807, 2.05) is 11.5 Å². The number of carbonyl (C=O) groups excluding carboxylic acids is 1. The van der Waals surface area contributed by atoms with Crippen molar-refractivity contribution in [2.24, 2.45) is 10.9 Å². The second-order valence-electron chi connectivity index (χ2n) is 7.92. The fraction of sp³-hybridized carbons (Fsp3) is 0.364. The van der Waals surface area contributed by atoms with Gasteiger partial charge in [-0.25, -0.2) is 8.42 Å². The quantitative estimate of drug-likeness (QED) is 0.483. The molecular weight excluding hydrogens is 489 g/mol. The van der Waals surface area contributed by atoms with Gasteiger partial charge >= 0.3 is 0 Å². The number of fused-ring (bicyclic) bond motifs is 1. The molecule has 2 heterocycles. The Labute approximate surface area is 201 Å². The summed E-state index contributed by atoms with van der Waals surface area (Å²) in [4.78, 5) is 17.8. The largest absolute Gasteiger partial charge is 0.315 e. The molecule has 1 atom stereocenters. The van der Waals surface area contributed by atoms with E-state index in [4.69, 9.17) is 23.2 Å². The molecule has 0 bridgehead atoms. The molecule has 1 aliphatic rings. The lowest BCUT2D eigenvalue weighted by Crippen LogP contribution is -2.39. The number of rotatable bonds is 4. The monoisotopic (exact) mass is 511 g/mol. The highest BCUT2D eigenvalue weighted by molar-refractivity contribution is 7.89. The van der Waals surface area contributed by atoms with E-state index in [9.17, 15) is 13.2 Å². The van der Waals surface area contributed by atoms with Gasteiger partial charge in [0.25, 0.3) is 5.91 Å². The SMILES string of the molecule is CCn1c(=NC(=O)c2ccc(S(=O)(=O)N3CCCC(C)C3)cc2)sc2cc(Cl)cc(Cl)c21. The van der Waals surface area contributed by atoms with Gasteiger partial charge in [-0.3, -0.25) is 4.79 Å². The number of hydrogen-bond donors (Lipinski definition) is 0. The van der Waals surface area contributed by atoms with Crippen molar-refractivity contribution in [3.8, 4) is 0 Å². The number of amides is 1. The van der Waals surface area contributed by atoms with Gasteiger partial charge in [0.05, 0.1) is 20.1 Å². The van der Waals surface area contributed by atoms with Gasteiger partial charge < -0.3 is 4.57 Å². The zero-order valence-corrected chi connectivity index (χ0v) is 20.9. The van der Waals surface area contributed by atoms with E-state index >= 15 is 0 Å². The highest BCUT2D eigenvalue weighted by Crippen LogP contribution is 2.30. The normalized spacial score (nSPS) is 18.4. The fourth-order valence-electron chi connectivity index (χ4n) is 3.94. The number of piperidine rings is 1. The van der Waals surface area contributed by atoms with Crippen molar-refractivity contribution >= 4 is 60.7 Å². The van der Waals surface area contributed by atoms with Crippen LogP contribution in [-0.4, -0.2) is 36.3 Å². The third-order valence-corrected chi connectivity index (χ3v) is 8.98. The van der Waals surface area contributed by atoms with Gasteiger partial charge in [0.1, 0.15) is 0 Å². The summed E-state index contributed by atoms with van der Waals surface area (Å²) in [6.45, 7) is 5.63. The third kappa shape index (κ3) is 4.52. The van der Waals surface area contributed by atoms with Gasteiger partial charge in [-0.1, -0.05) is 41.5 Å². The Hall–Kier alpha value is -1.71. The number of halogens is 2. The molecule has 3 aromatic rings. The van der Waals surface area contributed by atoms with Gasteiger partial charge in [-0.05, 0) is 62.1 Å². The standard InChI is InChI=1S/C22H23Cl2N3O3S2/c1-3-27-20-18(24)11-16(23)12-19(20)31-22(27)25-21(28)15-6-8-17(9-7-15)32(29,30)26-10-4-5-14(2)13-26/h6-9,11-12,14H,3-5,10,13H2,1-2H3. The highest BCUT2D eigenvalue weighted by Gasteiger charge is 2.28. The predicted octanol–water partition coefficient (Wildman–Crippen LogP) is 5.19. The van der Waals surface area contributed by atoms with E-state index in [1.54, 1.807) is 12.1 Å². The second-order valence-corrected chi connectivity index (χ2v) is 11.7. The average molecular weight is 512 g/mol. The highest BCUT2D eigenvalue weighted by atomic mass is 35.5. The zero-order chi connectivity index (χ0) is 23.0. The molecule has 6 nitrogen and oxygen atoms in total. The van der Waals surface area contributed by atoms with Crippen LogP contribution in [0, 0.1) is 5.92 Å². The predicted molar refractivity (Wildman–Crippen MR) is 129 cm³/mol. The van der Waals surface area contributed by atoms with Crippen molar-refractivity contribution in [1.82, 2.24) is 8.87 Å². The molecule has 4 rings (SSSR count). The van der Waals surface area contributed by atoms with Crippen molar-refractivity contribution in [3.05, 3.63) is 56.8 Å². The topological polar surface area (TPSA) is 71.7 Å². The number of aromatic nitrogens is 1. The Balaban J connectivity index is 1.65. The van der Waals surface area contributed by atoms with Crippen LogP contribution in [0.1, 0.15) is 37.0 Å². The minimum absolute atomic E-state index is 0.190. The van der Waals surface area contributed by atoms with Crippen LogP contribution in [0.3, 0.4) is 0 Å². The summed E-state index contributed by atoms with van der Waals surface area (Å²) in [6.07, 6.45) is 1.89. The fourth-order valence-corrected chi connectivity index (χ4v) is 7.42. The van der Waals surface area contributed by atoms with Crippen LogP contribution in [0.4, 0.5) is 0 Å². The first kappa shape index (κ1) is 23.4. The molecule has 170 valence electrons. The Morgan fingerprint density at radius 1 is 1.22 bits per heavy atom. The van der Waals surface area contributed by atoms with Gasteiger partial charge in [0, 0.05) is 30.2 Å². The molecule has 1 aliphatic heterocycles. The number of aryl methyl sites for hydroxylation is 1. The lowest BCUT2D eigenvalue weighted by molar-refractivity contribution is 0.0997. The Bertz CT molecular complexity index is 1350. The summed E-state index contributed by atoms with van der Waals surface area (Å²) < 4.78 is 30.1. The number of nitrogens with zero attached hydrogens (tertiary/aromatic N) is 3. The van der Waals surface area contributed by atoms with Crippen molar-refractivity contribution in [1.29, 1.82) is 0 Å². The van der Waals surface area contributed by atoms with E-state index in [2.05, 4.69) is 11.9 Å². The van der Waals surface area contributed by atoms with Crippen LogP contribution in [0.2, 0.25) is 10.0 Å². The Morgan fingerprint density at radius 2 is 1.94 bits per heavy atom. The second kappa shape index (κ2) is 9.27. The summed E-state index contributed by atoms with van der Waals surface area (Å²) in [6, 6.07) is 9.45. The maximum Gasteiger partial charge on any atom is 0.279 e.